The Kier molecular flexibility index (Phi) is 5.35. The highest BCUT2D eigenvalue weighted by atomic mass is 16.5. The predicted octanol–water partition coefficient (Wildman–Crippen LogP) is 2.90. The van der Waals surface area contributed by atoms with Crippen LogP contribution in [-0.4, -0.2) is 49.6 Å². The number of aliphatic hydroxyl groups excluding tert-OH is 1. The van der Waals surface area contributed by atoms with Crippen molar-refractivity contribution in [3.8, 4) is 0 Å². The van der Waals surface area contributed by atoms with Gasteiger partial charge in [0.2, 0.25) is 0 Å². The van der Waals surface area contributed by atoms with Crippen LogP contribution in [0.3, 0.4) is 0 Å². The highest BCUT2D eigenvalue weighted by Crippen LogP contribution is 2.33. The summed E-state index contributed by atoms with van der Waals surface area (Å²) in [5, 5.41) is 10.4. The third-order valence-electron chi connectivity index (χ3n) is 4.13. The molecule has 0 saturated heterocycles. The van der Waals surface area contributed by atoms with Gasteiger partial charge in [-0.05, 0) is 46.2 Å². The molecule has 4 heteroatoms. The first-order valence-electron chi connectivity index (χ1n) is 8.17. The minimum atomic E-state index is -0.488. The number of rotatable bonds is 4. The van der Waals surface area contributed by atoms with E-state index in [0.29, 0.717) is 19.2 Å². The molecule has 2 atom stereocenters. The van der Waals surface area contributed by atoms with Crippen molar-refractivity contribution in [2.45, 2.75) is 51.9 Å². The zero-order chi connectivity index (χ0) is 16.3. The maximum Gasteiger partial charge on any atom is 0.0948 e. The number of β-amino-alcohol motifs (C(OH)–C–C–N with tert-alkyl or cyclic N) is 1. The van der Waals surface area contributed by atoms with Crippen molar-refractivity contribution in [1.29, 1.82) is 0 Å². The molecule has 1 aromatic carbocycles. The van der Waals surface area contributed by atoms with Gasteiger partial charge in [0.25, 0.3) is 0 Å². The van der Waals surface area contributed by atoms with E-state index in [1.807, 2.05) is 20.8 Å². The van der Waals surface area contributed by atoms with Crippen LogP contribution in [-0.2, 0) is 4.74 Å². The second-order valence-electron chi connectivity index (χ2n) is 7.28. The minimum Gasteiger partial charge on any atom is -0.389 e. The molecular weight excluding hydrogens is 276 g/mol. The molecule has 0 fully saturated rings. The van der Waals surface area contributed by atoms with Crippen LogP contribution in [0.5, 0.6) is 0 Å². The number of hydrogen-bond acceptors (Lipinski definition) is 4. The largest absolute Gasteiger partial charge is 0.389 e. The van der Waals surface area contributed by atoms with Gasteiger partial charge < -0.3 is 19.6 Å². The average molecular weight is 306 g/mol. The average Bonchev–Trinajstić information content (AvgIpc) is 2.57. The van der Waals surface area contributed by atoms with E-state index in [4.69, 9.17) is 4.74 Å². The molecule has 4 nitrogen and oxygen atoms in total. The molecule has 1 aromatic rings. The van der Waals surface area contributed by atoms with Crippen LogP contribution in [0, 0.1) is 0 Å². The third-order valence-corrected chi connectivity index (χ3v) is 4.13. The summed E-state index contributed by atoms with van der Waals surface area (Å²) in [5.41, 5.74) is 2.21. The number of hydrogen-bond donors (Lipinski definition) is 1. The molecule has 0 aliphatic carbocycles. The van der Waals surface area contributed by atoms with E-state index in [2.05, 4.69) is 48.0 Å². The lowest BCUT2D eigenvalue weighted by molar-refractivity contribution is -0.0466. The number of benzene rings is 1. The zero-order valence-corrected chi connectivity index (χ0v) is 14.5. The number of aliphatic hydroxyl groups is 1. The fourth-order valence-corrected chi connectivity index (χ4v) is 2.83. The summed E-state index contributed by atoms with van der Waals surface area (Å²) >= 11 is 0. The van der Waals surface area contributed by atoms with Crippen LogP contribution in [0.15, 0.2) is 24.3 Å². The Morgan fingerprint density at radius 2 is 1.91 bits per heavy atom. The molecule has 0 bridgehead atoms. The van der Waals surface area contributed by atoms with Gasteiger partial charge in [0.15, 0.2) is 0 Å². The van der Waals surface area contributed by atoms with Gasteiger partial charge >= 0.3 is 0 Å². The van der Waals surface area contributed by atoms with E-state index in [1.54, 1.807) is 0 Å². The number of para-hydroxylation sites is 2. The van der Waals surface area contributed by atoms with E-state index in [1.165, 1.54) is 11.4 Å². The topological polar surface area (TPSA) is 35.9 Å². The van der Waals surface area contributed by atoms with Crippen LogP contribution in [0.4, 0.5) is 11.4 Å². The molecule has 0 amide bonds. The fourth-order valence-electron chi connectivity index (χ4n) is 2.83. The van der Waals surface area contributed by atoms with Gasteiger partial charge in [-0.1, -0.05) is 12.1 Å². The Morgan fingerprint density at radius 3 is 2.55 bits per heavy atom. The van der Waals surface area contributed by atoms with Gasteiger partial charge in [0, 0.05) is 26.2 Å². The lowest BCUT2D eigenvalue weighted by atomic mass is 10.1. The van der Waals surface area contributed by atoms with E-state index >= 15 is 0 Å². The van der Waals surface area contributed by atoms with Gasteiger partial charge in [-0.25, -0.2) is 0 Å². The first-order chi connectivity index (χ1) is 10.3. The zero-order valence-electron chi connectivity index (χ0n) is 14.5. The van der Waals surface area contributed by atoms with Crippen LogP contribution < -0.4 is 9.80 Å². The minimum absolute atomic E-state index is 0.219. The maximum absolute atomic E-state index is 10.4. The third kappa shape index (κ3) is 4.37. The second kappa shape index (κ2) is 6.88. The summed E-state index contributed by atoms with van der Waals surface area (Å²) in [6.07, 6.45) is 0.594. The van der Waals surface area contributed by atoms with E-state index in [0.717, 1.165) is 13.0 Å². The lowest BCUT2D eigenvalue weighted by Gasteiger charge is -2.33. The molecule has 1 N–H and O–H groups in total. The van der Waals surface area contributed by atoms with Gasteiger partial charge in [0.1, 0.15) is 0 Å². The van der Waals surface area contributed by atoms with Gasteiger partial charge in [-0.15, -0.1) is 0 Å². The summed E-state index contributed by atoms with van der Waals surface area (Å²) in [5.74, 6) is 0. The van der Waals surface area contributed by atoms with Crippen LogP contribution in [0.1, 0.15) is 34.1 Å². The van der Waals surface area contributed by atoms with Crippen molar-refractivity contribution in [3.05, 3.63) is 24.3 Å². The molecule has 0 saturated carbocycles. The molecule has 1 aliphatic heterocycles. The monoisotopic (exact) mass is 306 g/mol. The molecule has 124 valence electrons. The van der Waals surface area contributed by atoms with Gasteiger partial charge in [-0.2, -0.15) is 0 Å². The quantitative estimate of drug-likeness (QED) is 0.928. The molecule has 2 unspecified atom stereocenters. The van der Waals surface area contributed by atoms with Crippen molar-refractivity contribution in [2.24, 2.45) is 0 Å². The maximum atomic E-state index is 10.4. The summed E-state index contributed by atoms with van der Waals surface area (Å²) in [7, 11) is 2.13. The molecular formula is C18H30N2O2. The van der Waals surface area contributed by atoms with Crippen LogP contribution in [0.2, 0.25) is 0 Å². The smallest absolute Gasteiger partial charge is 0.0948 e. The Hall–Kier alpha value is -1.26. The Morgan fingerprint density at radius 1 is 1.27 bits per heavy atom. The second-order valence-corrected chi connectivity index (χ2v) is 7.28. The van der Waals surface area contributed by atoms with E-state index in [-0.39, 0.29) is 5.60 Å². The Labute approximate surface area is 134 Å². The molecule has 2 rings (SSSR count). The van der Waals surface area contributed by atoms with Crippen molar-refractivity contribution in [3.63, 3.8) is 0 Å². The first-order valence-corrected chi connectivity index (χ1v) is 8.17. The number of nitrogens with zero attached hydrogens (tertiary/aromatic N) is 2. The molecule has 0 radical (unpaired) electrons. The van der Waals surface area contributed by atoms with Crippen LogP contribution >= 0.6 is 0 Å². The SMILES string of the molecule is CC1CCN(C)c2ccccc2N1CC(O)COC(C)(C)C. The number of anilines is 2. The van der Waals surface area contributed by atoms with E-state index in [9.17, 15) is 5.11 Å². The van der Waals surface area contributed by atoms with Gasteiger partial charge in [-0.3, -0.25) is 0 Å². The highest BCUT2D eigenvalue weighted by molar-refractivity contribution is 5.72. The molecule has 0 aromatic heterocycles. The summed E-state index contributed by atoms with van der Waals surface area (Å²) < 4.78 is 5.72. The summed E-state index contributed by atoms with van der Waals surface area (Å²) in [6, 6.07) is 8.83. The Bertz CT molecular complexity index is 484. The molecule has 1 aliphatic rings. The number of ether oxygens (including phenoxy) is 1. The van der Waals surface area contributed by atoms with Crippen molar-refractivity contribution >= 4 is 11.4 Å². The van der Waals surface area contributed by atoms with Crippen molar-refractivity contribution < 1.29 is 9.84 Å². The molecule has 0 spiro atoms. The summed E-state index contributed by atoms with van der Waals surface area (Å²) in [6.45, 7) is 10.3. The highest BCUT2D eigenvalue weighted by Gasteiger charge is 2.25. The standard InChI is InChI=1S/C18H30N2O2/c1-14-10-11-19(5)16-8-6-7-9-17(16)20(14)12-15(21)13-22-18(2,3)4/h6-9,14-15,21H,10-13H2,1-5H3. The molecule has 22 heavy (non-hydrogen) atoms. The summed E-state index contributed by atoms with van der Waals surface area (Å²) in [4.78, 5) is 4.61. The normalized spacial score (nSPS) is 20.5. The van der Waals surface area contributed by atoms with Gasteiger partial charge in [0.05, 0.1) is 29.7 Å². The van der Waals surface area contributed by atoms with Crippen molar-refractivity contribution in [1.82, 2.24) is 0 Å². The number of fused-ring (bicyclic) bond motifs is 1. The van der Waals surface area contributed by atoms with Crippen LogP contribution in [0.25, 0.3) is 0 Å². The van der Waals surface area contributed by atoms with E-state index < -0.39 is 6.10 Å². The lowest BCUT2D eigenvalue weighted by Crippen LogP contribution is -2.41. The predicted molar refractivity (Wildman–Crippen MR) is 92.8 cm³/mol. The van der Waals surface area contributed by atoms with Crippen molar-refractivity contribution in [2.75, 3.05) is 36.5 Å². The fraction of sp³-hybridized carbons (Fsp3) is 0.667. The first kappa shape index (κ1) is 17.1. The molecule has 1 heterocycles. The Balaban J connectivity index is 2.12.